The van der Waals surface area contributed by atoms with E-state index in [1.807, 2.05) is 0 Å². The van der Waals surface area contributed by atoms with Crippen molar-refractivity contribution >= 4 is 93.5 Å². The number of carbonyl (C=O) groups is 4. The van der Waals surface area contributed by atoms with Gasteiger partial charge in [-0.3, -0.25) is 0 Å². The van der Waals surface area contributed by atoms with E-state index in [-0.39, 0.29) is 43.3 Å². The van der Waals surface area contributed by atoms with E-state index in [1.165, 1.54) is 25.7 Å². The lowest BCUT2D eigenvalue weighted by atomic mass is 9.90. The second-order valence-corrected chi connectivity index (χ2v) is 14.8. The van der Waals surface area contributed by atoms with E-state index in [9.17, 15) is 19.2 Å². The van der Waals surface area contributed by atoms with Gasteiger partial charge in [0.1, 0.15) is 11.1 Å². The molecule has 0 radical (unpaired) electrons. The SMILES string of the molecule is CC(CCOC(=O)c1c(Cl)c(Cl)cc(Cl)c1OC(=O)C(=O)Oc1c(Cl)cc(Cl)c(Cl)c1C(=O)OCCC(C)C1CCCC1)C1CCCC1. The fourth-order valence-corrected chi connectivity index (χ4v) is 7.77. The highest BCUT2D eigenvalue weighted by atomic mass is 35.5. The van der Waals surface area contributed by atoms with Gasteiger partial charge in [0, 0.05) is 0 Å². The molecule has 8 nitrogen and oxygen atoms in total. The summed E-state index contributed by atoms with van der Waals surface area (Å²) in [4.78, 5) is 52.3. The van der Waals surface area contributed by atoms with Crippen molar-refractivity contribution in [1.29, 1.82) is 0 Å². The third-order valence-electron chi connectivity index (χ3n) is 9.24. The summed E-state index contributed by atoms with van der Waals surface area (Å²) >= 11 is 37.5. The van der Waals surface area contributed by atoms with Crippen molar-refractivity contribution in [3.8, 4) is 11.5 Å². The van der Waals surface area contributed by atoms with Crippen LogP contribution in [-0.4, -0.2) is 37.1 Å². The van der Waals surface area contributed by atoms with Crippen molar-refractivity contribution in [3.05, 3.63) is 53.4 Å². The van der Waals surface area contributed by atoms with Gasteiger partial charge in [-0.15, -0.1) is 0 Å². The predicted octanol–water partition coefficient (Wildman–Crippen LogP) is 10.9. The summed E-state index contributed by atoms with van der Waals surface area (Å²) in [5.41, 5.74) is -0.903. The van der Waals surface area contributed by atoms with Crippen molar-refractivity contribution in [2.75, 3.05) is 13.2 Å². The predicted molar refractivity (Wildman–Crippen MR) is 186 cm³/mol. The van der Waals surface area contributed by atoms with Gasteiger partial charge >= 0.3 is 23.9 Å². The highest BCUT2D eigenvalue weighted by Gasteiger charge is 2.32. The van der Waals surface area contributed by atoms with Crippen molar-refractivity contribution in [1.82, 2.24) is 0 Å². The average molecular weight is 785 g/mol. The van der Waals surface area contributed by atoms with Crippen LogP contribution in [-0.2, 0) is 19.1 Å². The van der Waals surface area contributed by atoms with Crippen LogP contribution in [0.15, 0.2) is 12.1 Å². The molecule has 2 unspecified atom stereocenters. The van der Waals surface area contributed by atoms with Gasteiger partial charge in [0.25, 0.3) is 0 Å². The van der Waals surface area contributed by atoms with Crippen LogP contribution in [0.3, 0.4) is 0 Å². The molecule has 0 saturated heterocycles. The second-order valence-electron chi connectivity index (χ2n) is 12.4. The highest BCUT2D eigenvalue weighted by molar-refractivity contribution is 6.47. The van der Waals surface area contributed by atoms with Gasteiger partial charge in [0.15, 0.2) is 11.5 Å². The molecule has 2 aliphatic rings. The highest BCUT2D eigenvalue weighted by Crippen LogP contribution is 2.42. The van der Waals surface area contributed by atoms with Crippen molar-refractivity contribution in [3.63, 3.8) is 0 Å². The largest absolute Gasteiger partial charge is 0.462 e. The number of esters is 4. The molecule has 2 saturated carbocycles. The van der Waals surface area contributed by atoms with E-state index in [2.05, 4.69) is 13.8 Å². The minimum Gasteiger partial charge on any atom is -0.462 e. The maximum Gasteiger partial charge on any atom is 0.423 e. The first-order chi connectivity index (χ1) is 22.8. The molecule has 0 N–H and O–H groups in total. The Labute approximate surface area is 309 Å². The molecule has 0 bridgehead atoms. The fraction of sp³-hybridized carbons (Fsp3) is 0.529. The first-order valence-corrected chi connectivity index (χ1v) is 18.2. The van der Waals surface area contributed by atoms with E-state index in [4.69, 9.17) is 88.6 Å². The third kappa shape index (κ3) is 9.64. The van der Waals surface area contributed by atoms with Crippen molar-refractivity contribution < 1.29 is 38.1 Å². The zero-order valence-corrected chi connectivity index (χ0v) is 31.0. The van der Waals surface area contributed by atoms with Crippen LogP contribution in [0.2, 0.25) is 30.1 Å². The first-order valence-electron chi connectivity index (χ1n) is 15.9. The van der Waals surface area contributed by atoms with E-state index in [0.717, 1.165) is 37.8 Å². The van der Waals surface area contributed by atoms with Crippen LogP contribution in [0.1, 0.15) is 98.8 Å². The van der Waals surface area contributed by atoms with Crippen LogP contribution in [0.25, 0.3) is 0 Å². The smallest absolute Gasteiger partial charge is 0.423 e. The van der Waals surface area contributed by atoms with Gasteiger partial charge in [-0.05, 0) is 48.6 Å². The summed E-state index contributed by atoms with van der Waals surface area (Å²) in [5.74, 6) is -4.53. The third-order valence-corrected chi connectivity index (χ3v) is 11.4. The summed E-state index contributed by atoms with van der Waals surface area (Å²) in [7, 11) is 0. The molecule has 0 amide bonds. The Bertz CT molecular complexity index is 1420. The topological polar surface area (TPSA) is 105 Å². The Kier molecular flexibility index (Phi) is 14.4. The Morgan fingerprint density at radius 1 is 0.604 bits per heavy atom. The van der Waals surface area contributed by atoms with Crippen LogP contribution in [0, 0.1) is 23.7 Å². The molecule has 2 aromatic carbocycles. The number of carbonyl (C=O) groups excluding carboxylic acids is 4. The molecule has 0 spiro atoms. The van der Waals surface area contributed by atoms with Gasteiger partial charge in [-0.2, -0.15) is 0 Å². The fourth-order valence-electron chi connectivity index (χ4n) is 6.33. The normalized spacial score (nSPS) is 16.4. The summed E-state index contributed by atoms with van der Waals surface area (Å²) in [6, 6.07) is 2.27. The maximum absolute atomic E-state index is 13.1. The van der Waals surface area contributed by atoms with Gasteiger partial charge in [-0.1, -0.05) is 135 Å². The van der Waals surface area contributed by atoms with Crippen molar-refractivity contribution in [2.24, 2.45) is 23.7 Å². The molecule has 262 valence electrons. The van der Waals surface area contributed by atoms with Gasteiger partial charge in [0.05, 0.1) is 43.3 Å². The zero-order chi connectivity index (χ0) is 35.1. The molecule has 0 aliphatic heterocycles. The van der Waals surface area contributed by atoms with Crippen LogP contribution >= 0.6 is 69.6 Å². The lowest BCUT2D eigenvalue weighted by Crippen LogP contribution is -2.27. The average Bonchev–Trinajstić information content (AvgIpc) is 3.78. The second kappa shape index (κ2) is 17.8. The zero-order valence-electron chi connectivity index (χ0n) is 26.5. The molecule has 2 atom stereocenters. The molecular weight excluding hydrogens is 749 g/mol. The van der Waals surface area contributed by atoms with Crippen LogP contribution < -0.4 is 9.47 Å². The lowest BCUT2D eigenvalue weighted by Gasteiger charge is -2.19. The summed E-state index contributed by atoms with van der Waals surface area (Å²) < 4.78 is 21.3. The molecule has 14 heteroatoms. The Morgan fingerprint density at radius 3 is 1.27 bits per heavy atom. The maximum atomic E-state index is 13.1. The number of halogens is 6. The lowest BCUT2D eigenvalue weighted by molar-refractivity contribution is -0.156. The summed E-state index contributed by atoms with van der Waals surface area (Å²) in [6.45, 7) is 4.35. The molecule has 2 fully saturated rings. The van der Waals surface area contributed by atoms with Crippen LogP contribution in [0.4, 0.5) is 0 Å². The minimum absolute atomic E-state index is 0.0700. The number of rotatable bonds is 12. The Balaban J connectivity index is 1.47. The van der Waals surface area contributed by atoms with Gasteiger partial charge in [0.2, 0.25) is 0 Å². The van der Waals surface area contributed by atoms with E-state index < -0.39 is 46.5 Å². The number of hydrogen-bond donors (Lipinski definition) is 0. The monoisotopic (exact) mass is 782 g/mol. The number of hydrogen-bond acceptors (Lipinski definition) is 8. The summed E-state index contributed by atoms with van der Waals surface area (Å²) in [5, 5.41) is -1.44. The minimum atomic E-state index is -1.63. The quantitative estimate of drug-likeness (QED) is 0.0907. The van der Waals surface area contributed by atoms with E-state index in [1.54, 1.807) is 0 Å². The van der Waals surface area contributed by atoms with Gasteiger partial charge < -0.3 is 18.9 Å². The number of ether oxygens (including phenoxy) is 4. The molecular formula is C34H36Cl6O8. The Hall–Kier alpha value is -1.94. The van der Waals surface area contributed by atoms with Crippen LogP contribution in [0.5, 0.6) is 11.5 Å². The molecule has 2 aromatic rings. The molecule has 48 heavy (non-hydrogen) atoms. The molecule has 0 aromatic heterocycles. The molecule has 2 aliphatic carbocycles. The van der Waals surface area contributed by atoms with Gasteiger partial charge in [-0.25, -0.2) is 19.2 Å². The number of benzene rings is 2. The van der Waals surface area contributed by atoms with E-state index in [0.29, 0.717) is 36.5 Å². The standard InChI is InChI=1S/C34H36Cl6O8/c1-17(19-7-3-4-8-19)11-13-45-31(41)25-27(39)21(35)15-23(37)29(25)47-33(43)34(44)48-30-24(38)16-22(36)28(40)26(30)32(42)46-14-12-18(2)20-9-5-6-10-20/h15-20H,3-14H2,1-2H3. The summed E-state index contributed by atoms with van der Waals surface area (Å²) in [6.07, 6.45) is 10.5. The Morgan fingerprint density at radius 2 is 0.938 bits per heavy atom. The molecule has 0 heterocycles. The van der Waals surface area contributed by atoms with E-state index >= 15 is 0 Å². The van der Waals surface area contributed by atoms with Crippen molar-refractivity contribution in [2.45, 2.75) is 78.1 Å². The first kappa shape index (κ1) is 38.9. The molecule has 4 rings (SSSR count).